The van der Waals surface area contributed by atoms with Crippen LogP contribution in [0.15, 0.2) is 12.2 Å². The van der Waals surface area contributed by atoms with Crippen molar-refractivity contribution in [1.29, 1.82) is 0 Å². The SMILES string of the molecule is CC=CC(OC(C)=O)C(C)OC. The van der Waals surface area contributed by atoms with Crippen molar-refractivity contribution in [1.82, 2.24) is 0 Å². The van der Waals surface area contributed by atoms with Crippen LogP contribution in [0.2, 0.25) is 0 Å². The Morgan fingerprint density at radius 3 is 2.42 bits per heavy atom. The Labute approximate surface area is 73.4 Å². The van der Waals surface area contributed by atoms with Crippen molar-refractivity contribution in [2.45, 2.75) is 33.0 Å². The predicted octanol–water partition coefficient (Wildman–Crippen LogP) is 1.53. The molecule has 0 aromatic heterocycles. The van der Waals surface area contributed by atoms with Crippen molar-refractivity contribution in [2.24, 2.45) is 0 Å². The third kappa shape index (κ3) is 4.13. The zero-order valence-electron chi connectivity index (χ0n) is 8.03. The molecule has 0 amide bonds. The van der Waals surface area contributed by atoms with E-state index in [9.17, 15) is 4.79 Å². The van der Waals surface area contributed by atoms with Crippen molar-refractivity contribution in [3.8, 4) is 0 Å². The van der Waals surface area contributed by atoms with Crippen molar-refractivity contribution in [3.05, 3.63) is 12.2 Å². The number of carbonyl (C=O) groups excluding carboxylic acids is 1. The van der Waals surface area contributed by atoms with E-state index in [-0.39, 0.29) is 18.2 Å². The van der Waals surface area contributed by atoms with E-state index in [1.54, 1.807) is 13.2 Å². The molecule has 0 spiro atoms. The summed E-state index contributed by atoms with van der Waals surface area (Å²) in [7, 11) is 1.59. The van der Waals surface area contributed by atoms with E-state index in [0.29, 0.717) is 0 Å². The van der Waals surface area contributed by atoms with Crippen LogP contribution in [0.25, 0.3) is 0 Å². The molecule has 0 saturated carbocycles. The second-order valence-electron chi connectivity index (χ2n) is 2.54. The van der Waals surface area contributed by atoms with Crippen LogP contribution in [0.4, 0.5) is 0 Å². The van der Waals surface area contributed by atoms with E-state index in [2.05, 4.69) is 0 Å². The molecule has 0 bridgehead atoms. The highest BCUT2D eigenvalue weighted by molar-refractivity contribution is 5.66. The van der Waals surface area contributed by atoms with Gasteiger partial charge >= 0.3 is 5.97 Å². The lowest BCUT2D eigenvalue weighted by molar-refractivity contribution is -0.149. The number of hydrogen-bond donors (Lipinski definition) is 0. The third-order valence-corrected chi connectivity index (χ3v) is 1.52. The normalized spacial score (nSPS) is 16.0. The maximum absolute atomic E-state index is 10.6. The highest BCUT2D eigenvalue weighted by Gasteiger charge is 2.15. The fraction of sp³-hybridized carbons (Fsp3) is 0.667. The van der Waals surface area contributed by atoms with Gasteiger partial charge in [-0.2, -0.15) is 0 Å². The van der Waals surface area contributed by atoms with Crippen LogP contribution in [0.5, 0.6) is 0 Å². The van der Waals surface area contributed by atoms with E-state index >= 15 is 0 Å². The zero-order chi connectivity index (χ0) is 9.56. The van der Waals surface area contributed by atoms with E-state index in [4.69, 9.17) is 9.47 Å². The number of carbonyl (C=O) groups is 1. The number of methoxy groups -OCH3 is 1. The van der Waals surface area contributed by atoms with Crippen LogP contribution in [0, 0.1) is 0 Å². The van der Waals surface area contributed by atoms with E-state index < -0.39 is 0 Å². The molecule has 0 aliphatic rings. The fourth-order valence-corrected chi connectivity index (χ4v) is 0.807. The minimum atomic E-state index is -0.290. The minimum Gasteiger partial charge on any atom is -0.456 e. The molecular formula is C9H16O3. The molecule has 3 heteroatoms. The molecule has 0 heterocycles. The molecule has 2 atom stereocenters. The average Bonchev–Trinajstić information content (AvgIpc) is 2.01. The zero-order valence-corrected chi connectivity index (χ0v) is 8.03. The fourth-order valence-electron chi connectivity index (χ4n) is 0.807. The average molecular weight is 172 g/mol. The molecule has 2 unspecified atom stereocenters. The summed E-state index contributed by atoms with van der Waals surface area (Å²) in [6.07, 6.45) is 3.25. The monoisotopic (exact) mass is 172 g/mol. The Hall–Kier alpha value is -0.830. The summed E-state index contributed by atoms with van der Waals surface area (Å²) in [4.78, 5) is 10.6. The lowest BCUT2D eigenvalue weighted by Gasteiger charge is -2.18. The lowest BCUT2D eigenvalue weighted by atomic mass is 10.2. The summed E-state index contributed by atoms with van der Waals surface area (Å²) < 4.78 is 10.0. The number of hydrogen-bond acceptors (Lipinski definition) is 3. The van der Waals surface area contributed by atoms with Crippen LogP contribution in [-0.4, -0.2) is 25.3 Å². The van der Waals surface area contributed by atoms with Gasteiger partial charge in [0.1, 0.15) is 6.10 Å². The number of rotatable bonds is 4. The first-order chi connectivity index (χ1) is 5.61. The first-order valence-corrected chi connectivity index (χ1v) is 3.94. The molecule has 0 aliphatic heterocycles. The predicted molar refractivity (Wildman–Crippen MR) is 46.8 cm³/mol. The van der Waals surface area contributed by atoms with Gasteiger partial charge in [-0.25, -0.2) is 0 Å². The Balaban J connectivity index is 4.12. The van der Waals surface area contributed by atoms with Crippen molar-refractivity contribution < 1.29 is 14.3 Å². The maximum atomic E-state index is 10.6. The molecule has 12 heavy (non-hydrogen) atoms. The van der Waals surface area contributed by atoms with Crippen molar-refractivity contribution >= 4 is 5.97 Å². The topological polar surface area (TPSA) is 35.5 Å². The van der Waals surface area contributed by atoms with Crippen molar-refractivity contribution in [3.63, 3.8) is 0 Å². The lowest BCUT2D eigenvalue weighted by Crippen LogP contribution is -2.27. The first-order valence-electron chi connectivity index (χ1n) is 3.94. The Morgan fingerprint density at radius 2 is 2.08 bits per heavy atom. The molecule has 70 valence electrons. The van der Waals surface area contributed by atoms with Gasteiger partial charge in [-0.05, 0) is 19.9 Å². The second kappa shape index (κ2) is 5.77. The summed E-state index contributed by atoms with van der Waals surface area (Å²) in [6, 6.07) is 0. The summed E-state index contributed by atoms with van der Waals surface area (Å²) in [5.74, 6) is -0.290. The van der Waals surface area contributed by atoms with Gasteiger partial charge < -0.3 is 9.47 Å². The molecule has 0 aromatic carbocycles. The van der Waals surface area contributed by atoms with Gasteiger partial charge in [-0.1, -0.05) is 6.08 Å². The summed E-state index contributed by atoms with van der Waals surface area (Å²) in [5.41, 5.74) is 0. The molecular weight excluding hydrogens is 156 g/mol. The smallest absolute Gasteiger partial charge is 0.303 e. The van der Waals surface area contributed by atoms with E-state index in [1.807, 2.05) is 19.9 Å². The van der Waals surface area contributed by atoms with E-state index in [0.717, 1.165) is 0 Å². The molecule has 0 fully saturated rings. The molecule has 0 N–H and O–H groups in total. The van der Waals surface area contributed by atoms with Gasteiger partial charge in [0.25, 0.3) is 0 Å². The van der Waals surface area contributed by atoms with Gasteiger partial charge in [0, 0.05) is 14.0 Å². The molecule has 0 saturated heterocycles. The number of ether oxygens (including phenoxy) is 2. The van der Waals surface area contributed by atoms with Gasteiger partial charge in [-0.15, -0.1) is 0 Å². The Morgan fingerprint density at radius 1 is 1.50 bits per heavy atom. The molecule has 0 aromatic rings. The minimum absolute atomic E-state index is 0.106. The molecule has 0 rings (SSSR count). The highest BCUT2D eigenvalue weighted by atomic mass is 16.6. The first kappa shape index (κ1) is 11.2. The number of allylic oxidation sites excluding steroid dienone is 1. The van der Waals surface area contributed by atoms with Crippen molar-refractivity contribution in [2.75, 3.05) is 7.11 Å². The number of esters is 1. The largest absolute Gasteiger partial charge is 0.456 e. The highest BCUT2D eigenvalue weighted by Crippen LogP contribution is 2.04. The molecule has 0 aliphatic carbocycles. The standard InChI is InChI=1S/C9H16O3/c1-5-6-9(7(2)11-4)12-8(3)10/h5-7,9H,1-4H3. The van der Waals surface area contributed by atoms with Gasteiger partial charge in [0.15, 0.2) is 0 Å². The van der Waals surface area contributed by atoms with Gasteiger partial charge in [0.05, 0.1) is 6.10 Å². The third-order valence-electron chi connectivity index (χ3n) is 1.52. The van der Waals surface area contributed by atoms with Gasteiger partial charge in [0.2, 0.25) is 0 Å². The van der Waals surface area contributed by atoms with Crippen LogP contribution in [0.3, 0.4) is 0 Å². The summed E-state index contributed by atoms with van der Waals surface area (Å²) >= 11 is 0. The Bertz CT molecular complexity index is 163. The Kier molecular flexibility index (Phi) is 5.37. The summed E-state index contributed by atoms with van der Waals surface area (Å²) in [6.45, 7) is 5.12. The van der Waals surface area contributed by atoms with Crippen LogP contribution < -0.4 is 0 Å². The molecule has 3 nitrogen and oxygen atoms in total. The second-order valence-corrected chi connectivity index (χ2v) is 2.54. The van der Waals surface area contributed by atoms with Crippen LogP contribution >= 0.6 is 0 Å². The van der Waals surface area contributed by atoms with Gasteiger partial charge in [-0.3, -0.25) is 4.79 Å². The molecule has 0 radical (unpaired) electrons. The quantitative estimate of drug-likeness (QED) is 0.476. The van der Waals surface area contributed by atoms with E-state index in [1.165, 1.54) is 6.92 Å². The summed E-state index contributed by atoms with van der Waals surface area (Å²) in [5, 5.41) is 0. The maximum Gasteiger partial charge on any atom is 0.303 e. The van der Waals surface area contributed by atoms with Crippen LogP contribution in [0.1, 0.15) is 20.8 Å². The van der Waals surface area contributed by atoms with Crippen LogP contribution in [-0.2, 0) is 14.3 Å².